The second kappa shape index (κ2) is 5.21. The molecule has 3 aromatic rings. The maximum atomic E-state index is 12.5. The highest BCUT2D eigenvalue weighted by atomic mass is 32.2. The van der Waals surface area contributed by atoms with Crippen LogP contribution in [0.2, 0.25) is 0 Å². The fourth-order valence-corrected chi connectivity index (χ4v) is 3.46. The largest absolute Gasteiger partial charge is 0.320 e. The first-order valence-corrected chi connectivity index (χ1v) is 7.82. The molecule has 0 radical (unpaired) electrons. The Morgan fingerprint density at radius 2 is 1.80 bits per heavy atom. The van der Waals surface area contributed by atoms with E-state index in [1.54, 1.807) is 0 Å². The molecule has 1 atom stereocenters. The minimum Gasteiger partial charge on any atom is -0.320 e. The third-order valence-corrected chi connectivity index (χ3v) is 4.74. The molecule has 0 saturated carbocycles. The van der Waals surface area contributed by atoms with Gasteiger partial charge in [-0.15, -0.1) is 0 Å². The normalized spacial score (nSPS) is 12.7. The van der Waals surface area contributed by atoms with E-state index in [1.165, 1.54) is 5.56 Å². The summed E-state index contributed by atoms with van der Waals surface area (Å²) in [6, 6.07) is 16.0. The van der Waals surface area contributed by atoms with Crippen LogP contribution in [-0.4, -0.2) is 13.8 Å². The zero-order chi connectivity index (χ0) is 14.1. The van der Waals surface area contributed by atoms with E-state index in [4.69, 9.17) is 0 Å². The van der Waals surface area contributed by atoms with Crippen LogP contribution in [-0.2, 0) is 23.6 Å². The minimum atomic E-state index is -1.13. The van der Waals surface area contributed by atoms with Gasteiger partial charge in [-0.2, -0.15) is 0 Å². The van der Waals surface area contributed by atoms with Crippen LogP contribution in [0.4, 0.5) is 0 Å². The molecule has 0 unspecified atom stereocenters. The summed E-state index contributed by atoms with van der Waals surface area (Å²) < 4.78 is 14.4. The van der Waals surface area contributed by atoms with E-state index in [1.807, 2.05) is 67.1 Å². The Balaban J connectivity index is 1.92. The van der Waals surface area contributed by atoms with Gasteiger partial charge in [0.15, 0.2) is 5.16 Å². The molecular weight excluding hydrogens is 268 g/mol. The molecule has 1 heterocycles. The lowest BCUT2D eigenvalue weighted by Gasteiger charge is -2.03. The van der Waals surface area contributed by atoms with Crippen LogP contribution >= 0.6 is 0 Å². The summed E-state index contributed by atoms with van der Waals surface area (Å²) in [6.45, 7) is 2.05. The Hall–Kier alpha value is -1.94. The maximum Gasteiger partial charge on any atom is 0.200 e. The van der Waals surface area contributed by atoms with Gasteiger partial charge in [0.25, 0.3) is 0 Å². The van der Waals surface area contributed by atoms with Gasteiger partial charge < -0.3 is 4.57 Å². The van der Waals surface area contributed by atoms with Gasteiger partial charge >= 0.3 is 0 Å². The van der Waals surface area contributed by atoms with Crippen LogP contribution in [0.25, 0.3) is 11.0 Å². The molecule has 20 heavy (non-hydrogen) atoms. The van der Waals surface area contributed by atoms with Gasteiger partial charge in [-0.05, 0) is 24.6 Å². The van der Waals surface area contributed by atoms with Gasteiger partial charge in [0.1, 0.15) is 0 Å². The van der Waals surface area contributed by atoms with E-state index in [0.717, 1.165) is 16.6 Å². The molecule has 0 N–H and O–H groups in total. The summed E-state index contributed by atoms with van der Waals surface area (Å²) >= 11 is 0. The molecule has 0 spiro atoms. The number of hydrogen-bond acceptors (Lipinski definition) is 2. The molecule has 102 valence electrons. The number of rotatable bonds is 3. The van der Waals surface area contributed by atoms with Crippen molar-refractivity contribution in [1.29, 1.82) is 0 Å². The first-order chi connectivity index (χ1) is 9.65. The fourth-order valence-electron chi connectivity index (χ4n) is 2.23. The third kappa shape index (κ3) is 2.39. The number of nitrogens with zero attached hydrogens (tertiary/aromatic N) is 2. The highest BCUT2D eigenvalue weighted by Gasteiger charge is 2.14. The first kappa shape index (κ1) is 13.1. The summed E-state index contributed by atoms with van der Waals surface area (Å²) in [5, 5.41) is 0.631. The van der Waals surface area contributed by atoms with Crippen molar-refractivity contribution in [3.63, 3.8) is 0 Å². The van der Waals surface area contributed by atoms with Crippen LogP contribution in [0.5, 0.6) is 0 Å². The Labute approximate surface area is 120 Å². The molecule has 0 bridgehead atoms. The highest BCUT2D eigenvalue weighted by molar-refractivity contribution is 7.84. The van der Waals surface area contributed by atoms with Crippen molar-refractivity contribution >= 4 is 21.8 Å². The molecule has 3 rings (SSSR count). The van der Waals surface area contributed by atoms with E-state index in [-0.39, 0.29) is 0 Å². The van der Waals surface area contributed by atoms with Crippen molar-refractivity contribution in [1.82, 2.24) is 9.55 Å². The molecule has 0 aliphatic rings. The van der Waals surface area contributed by atoms with Gasteiger partial charge in [0.05, 0.1) is 27.6 Å². The summed E-state index contributed by atoms with van der Waals surface area (Å²) in [5.74, 6) is 0.497. The SMILES string of the molecule is Cc1ccc(C[S@](=O)c2nc3ccccc3n2C)cc1. The number of benzene rings is 2. The van der Waals surface area contributed by atoms with E-state index < -0.39 is 10.8 Å². The molecule has 0 aliphatic heterocycles. The zero-order valence-corrected chi connectivity index (χ0v) is 12.4. The average Bonchev–Trinajstić information content (AvgIpc) is 2.79. The number of fused-ring (bicyclic) bond motifs is 1. The lowest BCUT2D eigenvalue weighted by atomic mass is 10.2. The average molecular weight is 284 g/mol. The van der Waals surface area contributed by atoms with Gasteiger partial charge in [-0.25, -0.2) is 4.98 Å². The van der Waals surface area contributed by atoms with E-state index in [0.29, 0.717) is 10.9 Å². The number of imidazole rings is 1. The molecule has 0 saturated heterocycles. The molecule has 2 aromatic carbocycles. The van der Waals surface area contributed by atoms with Gasteiger partial charge in [-0.1, -0.05) is 42.0 Å². The van der Waals surface area contributed by atoms with Gasteiger partial charge in [0.2, 0.25) is 0 Å². The van der Waals surface area contributed by atoms with Gasteiger partial charge in [0, 0.05) is 7.05 Å². The van der Waals surface area contributed by atoms with Crippen molar-refractivity contribution in [2.75, 3.05) is 0 Å². The van der Waals surface area contributed by atoms with Crippen molar-refractivity contribution in [2.24, 2.45) is 7.05 Å². The number of hydrogen-bond donors (Lipinski definition) is 0. The quantitative estimate of drug-likeness (QED) is 0.740. The van der Waals surface area contributed by atoms with Crippen molar-refractivity contribution in [2.45, 2.75) is 17.8 Å². The predicted molar refractivity (Wildman–Crippen MR) is 82.0 cm³/mol. The smallest absolute Gasteiger partial charge is 0.200 e. The zero-order valence-electron chi connectivity index (χ0n) is 11.5. The van der Waals surface area contributed by atoms with Crippen LogP contribution in [0, 0.1) is 6.92 Å². The maximum absolute atomic E-state index is 12.5. The lowest BCUT2D eigenvalue weighted by molar-refractivity contribution is 0.667. The summed E-state index contributed by atoms with van der Waals surface area (Å²) in [7, 11) is 0.781. The summed E-state index contributed by atoms with van der Waals surface area (Å²) in [6.07, 6.45) is 0. The molecule has 1 aromatic heterocycles. The number of aryl methyl sites for hydroxylation is 2. The van der Waals surface area contributed by atoms with Crippen LogP contribution in [0.1, 0.15) is 11.1 Å². The van der Waals surface area contributed by atoms with E-state index in [9.17, 15) is 4.21 Å². The minimum absolute atomic E-state index is 0.497. The first-order valence-electron chi connectivity index (χ1n) is 6.50. The van der Waals surface area contributed by atoms with E-state index in [2.05, 4.69) is 4.98 Å². The fraction of sp³-hybridized carbons (Fsp3) is 0.188. The van der Waals surface area contributed by atoms with E-state index >= 15 is 0 Å². The van der Waals surface area contributed by atoms with Crippen molar-refractivity contribution in [3.8, 4) is 0 Å². The van der Waals surface area contributed by atoms with Gasteiger partial charge in [-0.3, -0.25) is 4.21 Å². The molecular formula is C16H16N2OS. The Bertz CT molecular complexity index is 775. The molecule has 0 fully saturated rings. The van der Waals surface area contributed by atoms with Crippen molar-refractivity contribution in [3.05, 3.63) is 59.7 Å². The summed E-state index contributed by atoms with van der Waals surface area (Å²) in [5.41, 5.74) is 4.19. The summed E-state index contributed by atoms with van der Waals surface area (Å²) in [4.78, 5) is 4.49. The molecule has 4 heteroatoms. The number of aromatic nitrogens is 2. The lowest BCUT2D eigenvalue weighted by Crippen LogP contribution is -2.04. The Morgan fingerprint density at radius 1 is 1.10 bits per heavy atom. The Morgan fingerprint density at radius 3 is 2.50 bits per heavy atom. The predicted octanol–water partition coefficient (Wildman–Crippen LogP) is 3.19. The van der Waals surface area contributed by atoms with Crippen LogP contribution in [0.15, 0.2) is 53.7 Å². The van der Waals surface area contributed by atoms with Crippen molar-refractivity contribution < 1.29 is 4.21 Å². The Kier molecular flexibility index (Phi) is 3.40. The second-order valence-corrected chi connectivity index (χ2v) is 6.26. The highest BCUT2D eigenvalue weighted by Crippen LogP contribution is 2.18. The van der Waals surface area contributed by atoms with Crippen LogP contribution in [0.3, 0.4) is 0 Å². The second-order valence-electron chi connectivity index (χ2n) is 4.92. The molecule has 0 amide bonds. The standard InChI is InChI=1S/C16H16N2OS/c1-12-7-9-13(10-8-12)11-20(19)16-17-14-5-3-4-6-15(14)18(16)2/h3-10H,11H2,1-2H3/t20-/m0/s1. The molecule has 3 nitrogen and oxygen atoms in total. The monoisotopic (exact) mass is 284 g/mol. The topological polar surface area (TPSA) is 34.9 Å². The molecule has 0 aliphatic carbocycles. The number of para-hydroxylation sites is 2. The third-order valence-electron chi connectivity index (χ3n) is 3.37. The van der Waals surface area contributed by atoms with Crippen LogP contribution < -0.4 is 0 Å².